The third kappa shape index (κ3) is 3.94. The third-order valence-electron chi connectivity index (χ3n) is 4.04. The SMILES string of the molecule is Cn1cc(Cl)c(CN=C(N)N2CCN(c3ccc(Cl)cc3)CC2)n1. The highest BCUT2D eigenvalue weighted by Gasteiger charge is 2.18. The van der Waals surface area contributed by atoms with Gasteiger partial charge in [0.2, 0.25) is 0 Å². The average Bonchev–Trinajstić information content (AvgIpc) is 2.91. The first-order valence-corrected chi connectivity index (χ1v) is 8.52. The average molecular weight is 367 g/mol. The predicted octanol–water partition coefficient (Wildman–Crippen LogP) is 2.36. The maximum Gasteiger partial charge on any atom is 0.191 e. The van der Waals surface area contributed by atoms with Crippen molar-refractivity contribution in [2.45, 2.75) is 6.54 Å². The van der Waals surface area contributed by atoms with E-state index in [0.717, 1.165) is 36.9 Å². The second-order valence-electron chi connectivity index (χ2n) is 5.72. The van der Waals surface area contributed by atoms with E-state index in [0.29, 0.717) is 17.5 Å². The van der Waals surface area contributed by atoms with Crippen molar-refractivity contribution in [3.05, 3.63) is 46.2 Å². The lowest BCUT2D eigenvalue weighted by Gasteiger charge is -2.36. The van der Waals surface area contributed by atoms with Crippen molar-refractivity contribution in [1.82, 2.24) is 14.7 Å². The number of piperazine rings is 1. The van der Waals surface area contributed by atoms with E-state index in [1.165, 1.54) is 5.69 Å². The maximum absolute atomic E-state index is 6.12. The number of anilines is 1. The van der Waals surface area contributed by atoms with Crippen LogP contribution < -0.4 is 10.6 Å². The standard InChI is InChI=1S/C16H20Cl2N6/c1-22-11-14(18)15(21-22)10-20-16(19)24-8-6-23(7-9-24)13-4-2-12(17)3-5-13/h2-5,11H,6-10H2,1H3,(H2,19,20). The van der Waals surface area contributed by atoms with Crippen LogP contribution in [0.4, 0.5) is 5.69 Å². The minimum absolute atomic E-state index is 0.392. The Morgan fingerprint density at radius 2 is 1.83 bits per heavy atom. The van der Waals surface area contributed by atoms with Crippen LogP contribution in [0.1, 0.15) is 5.69 Å². The number of nitrogens with two attached hydrogens (primary N) is 1. The smallest absolute Gasteiger partial charge is 0.191 e. The monoisotopic (exact) mass is 366 g/mol. The summed E-state index contributed by atoms with van der Waals surface area (Å²) in [6.07, 6.45) is 1.76. The highest BCUT2D eigenvalue weighted by atomic mass is 35.5. The van der Waals surface area contributed by atoms with Gasteiger partial charge in [-0.25, -0.2) is 4.99 Å². The zero-order valence-corrected chi connectivity index (χ0v) is 15.0. The lowest BCUT2D eigenvalue weighted by atomic mass is 10.2. The Kier molecular flexibility index (Phi) is 5.16. The Hall–Kier alpha value is -1.92. The molecule has 128 valence electrons. The van der Waals surface area contributed by atoms with Gasteiger partial charge in [-0.15, -0.1) is 0 Å². The summed E-state index contributed by atoms with van der Waals surface area (Å²) >= 11 is 12.0. The van der Waals surface area contributed by atoms with Crippen LogP contribution in [0.25, 0.3) is 0 Å². The summed E-state index contributed by atoms with van der Waals surface area (Å²) < 4.78 is 1.67. The number of benzene rings is 1. The Morgan fingerprint density at radius 3 is 2.42 bits per heavy atom. The first-order chi connectivity index (χ1) is 11.5. The van der Waals surface area contributed by atoms with Crippen LogP contribution in [-0.4, -0.2) is 46.8 Å². The highest BCUT2D eigenvalue weighted by molar-refractivity contribution is 6.31. The number of hydrogen-bond acceptors (Lipinski definition) is 3. The summed E-state index contributed by atoms with van der Waals surface area (Å²) in [5, 5.41) is 5.64. The molecule has 0 bridgehead atoms. The lowest BCUT2D eigenvalue weighted by molar-refractivity contribution is 0.380. The fourth-order valence-corrected chi connectivity index (χ4v) is 3.08. The van der Waals surface area contributed by atoms with E-state index in [4.69, 9.17) is 28.9 Å². The molecule has 1 aromatic carbocycles. The van der Waals surface area contributed by atoms with Crippen LogP contribution >= 0.6 is 23.2 Å². The molecule has 1 aliphatic rings. The van der Waals surface area contributed by atoms with E-state index in [1.807, 2.05) is 31.3 Å². The molecule has 3 rings (SSSR count). The van der Waals surface area contributed by atoms with Crippen molar-refractivity contribution in [3.63, 3.8) is 0 Å². The van der Waals surface area contributed by atoms with Crippen LogP contribution in [0.2, 0.25) is 10.0 Å². The van der Waals surface area contributed by atoms with Gasteiger partial charge in [-0.1, -0.05) is 23.2 Å². The molecule has 0 aliphatic carbocycles. The van der Waals surface area contributed by atoms with Crippen LogP contribution in [0.5, 0.6) is 0 Å². The van der Waals surface area contributed by atoms with Gasteiger partial charge in [0, 0.05) is 50.1 Å². The summed E-state index contributed by atoms with van der Waals surface area (Å²) in [6, 6.07) is 7.91. The molecular formula is C16H20Cl2N6. The van der Waals surface area contributed by atoms with Gasteiger partial charge in [0.05, 0.1) is 11.6 Å². The van der Waals surface area contributed by atoms with E-state index in [-0.39, 0.29) is 0 Å². The van der Waals surface area contributed by atoms with Crippen molar-refractivity contribution in [2.75, 3.05) is 31.1 Å². The maximum atomic E-state index is 6.12. The Labute approximate surface area is 151 Å². The molecule has 0 saturated carbocycles. The Balaban J connectivity index is 1.56. The summed E-state index contributed by atoms with van der Waals surface area (Å²) in [5.74, 6) is 0.535. The fourth-order valence-electron chi connectivity index (χ4n) is 2.71. The number of hydrogen-bond donors (Lipinski definition) is 1. The van der Waals surface area contributed by atoms with Gasteiger partial charge in [0.15, 0.2) is 5.96 Å². The fraction of sp³-hybridized carbons (Fsp3) is 0.375. The van der Waals surface area contributed by atoms with Crippen LogP contribution in [0.3, 0.4) is 0 Å². The van der Waals surface area contributed by atoms with Gasteiger partial charge < -0.3 is 15.5 Å². The second kappa shape index (κ2) is 7.32. The summed E-state index contributed by atoms with van der Waals surface area (Å²) in [5.41, 5.74) is 8.03. The van der Waals surface area contributed by atoms with Crippen molar-refractivity contribution < 1.29 is 0 Å². The Morgan fingerprint density at radius 1 is 1.17 bits per heavy atom. The molecule has 1 saturated heterocycles. The molecule has 0 atom stereocenters. The first-order valence-electron chi connectivity index (χ1n) is 7.76. The number of rotatable bonds is 3. The van der Waals surface area contributed by atoms with E-state index in [1.54, 1.807) is 10.9 Å². The molecule has 0 unspecified atom stereocenters. The largest absolute Gasteiger partial charge is 0.370 e. The molecular weight excluding hydrogens is 347 g/mol. The predicted molar refractivity (Wildman–Crippen MR) is 98.8 cm³/mol. The van der Waals surface area contributed by atoms with E-state index in [2.05, 4.69) is 19.9 Å². The molecule has 1 aromatic heterocycles. The Bertz CT molecular complexity index is 717. The quantitative estimate of drug-likeness (QED) is 0.668. The van der Waals surface area contributed by atoms with Gasteiger partial charge in [-0.3, -0.25) is 4.68 Å². The van der Waals surface area contributed by atoms with Crippen molar-refractivity contribution in [3.8, 4) is 0 Å². The molecule has 0 radical (unpaired) electrons. The first kappa shape index (κ1) is 16.9. The van der Waals surface area contributed by atoms with Gasteiger partial charge >= 0.3 is 0 Å². The van der Waals surface area contributed by atoms with E-state index < -0.39 is 0 Å². The molecule has 24 heavy (non-hydrogen) atoms. The number of guanidine groups is 1. The number of nitrogens with zero attached hydrogens (tertiary/aromatic N) is 5. The van der Waals surface area contributed by atoms with E-state index in [9.17, 15) is 0 Å². The van der Waals surface area contributed by atoms with Gasteiger partial charge in [-0.05, 0) is 24.3 Å². The number of aromatic nitrogens is 2. The molecule has 2 heterocycles. The minimum atomic E-state index is 0.392. The molecule has 0 amide bonds. The third-order valence-corrected chi connectivity index (χ3v) is 4.61. The van der Waals surface area contributed by atoms with Gasteiger partial charge in [0.25, 0.3) is 0 Å². The van der Waals surface area contributed by atoms with E-state index >= 15 is 0 Å². The number of aliphatic imine (C=N–C) groups is 1. The minimum Gasteiger partial charge on any atom is -0.370 e. The highest BCUT2D eigenvalue weighted by Crippen LogP contribution is 2.19. The molecule has 0 spiro atoms. The zero-order chi connectivity index (χ0) is 17.1. The zero-order valence-electron chi connectivity index (χ0n) is 13.5. The van der Waals surface area contributed by atoms with Crippen LogP contribution in [-0.2, 0) is 13.6 Å². The summed E-state index contributed by atoms with van der Waals surface area (Å²) in [6.45, 7) is 3.83. The molecule has 6 nitrogen and oxygen atoms in total. The van der Waals surface area contributed by atoms with Gasteiger partial charge in [-0.2, -0.15) is 5.10 Å². The second-order valence-corrected chi connectivity index (χ2v) is 6.57. The number of aryl methyl sites for hydroxylation is 1. The van der Waals surface area contributed by atoms with Crippen LogP contribution in [0, 0.1) is 0 Å². The van der Waals surface area contributed by atoms with Crippen molar-refractivity contribution in [2.24, 2.45) is 17.8 Å². The van der Waals surface area contributed by atoms with Crippen LogP contribution in [0.15, 0.2) is 35.5 Å². The topological polar surface area (TPSA) is 62.7 Å². The lowest BCUT2D eigenvalue weighted by Crippen LogP contribution is -2.51. The number of halogens is 2. The molecule has 2 N–H and O–H groups in total. The van der Waals surface area contributed by atoms with Gasteiger partial charge in [0.1, 0.15) is 5.69 Å². The molecule has 8 heteroatoms. The molecule has 1 aliphatic heterocycles. The molecule has 1 fully saturated rings. The van der Waals surface area contributed by atoms with Crippen molar-refractivity contribution in [1.29, 1.82) is 0 Å². The normalized spacial score (nSPS) is 15.9. The summed E-state index contributed by atoms with van der Waals surface area (Å²) in [7, 11) is 1.83. The van der Waals surface area contributed by atoms with Crippen molar-refractivity contribution >= 4 is 34.8 Å². The summed E-state index contributed by atoms with van der Waals surface area (Å²) in [4.78, 5) is 8.83. The molecule has 2 aromatic rings.